The summed E-state index contributed by atoms with van der Waals surface area (Å²) in [5, 5.41) is 3.92. The van der Waals surface area contributed by atoms with Crippen molar-refractivity contribution >= 4 is 17.6 Å². The van der Waals surface area contributed by atoms with Gasteiger partial charge < -0.3 is 15.1 Å². The molecule has 0 radical (unpaired) electrons. The highest BCUT2D eigenvalue weighted by atomic mass is 35.5. The first-order valence-electron chi connectivity index (χ1n) is 8.48. The molecular formula is C18H26ClN3O. The van der Waals surface area contributed by atoms with Crippen LogP contribution in [0, 0.1) is 5.92 Å². The number of halogens is 1. The van der Waals surface area contributed by atoms with Crippen molar-refractivity contribution in [3.8, 4) is 0 Å². The van der Waals surface area contributed by atoms with Gasteiger partial charge in [0.2, 0.25) is 0 Å². The Balaban J connectivity index is 1.44. The summed E-state index contributed by atoms with van der Waals surface area (Å²) < 4.78 is 0. The zero-order valence-electron chi connectivity index (χ0n) is 14.0. The maximum Gasteiger partial charge on any atom is 0.317 e. The van der Waals surface area contributed by atoms with E-state index in [-0.39, 0.29) is 12.1 Å². The fourth-order valence-corrected chi connectivity index (χ4v) is 3.64. The van der Waals surface area contributed by atoms with Gasteiger partial charge in [-0.05, 0) is 63.0 Å². The SMILES string of the molecule is CN1CCC(CN(C)C(=O)N[C@H]2C[C@H]2c2cccc(Cl)c2)CC1. The fourth-order valence-electron chi connectivity index (χ4n) is 3.44. The van der Waals surface area contributed by atoms with Crippen LogP contribution in [0.3, 0.4) is 0 Å². The Labute approximate surface area is 143 Å². The molecule has 0 aromatic heterocycles. The molecular weight excluding hydrogens is 310 g/mol. The third-order valence-electron chi connectivity index (χ3n) is 5.09. The molecule has 0 unspecified atom stereocenters. The first kappa shape index (κ1) is 16.6. The Morgan fingerprint density at radius 1 is 1.39 bits per heavy atom. The predicted molar refractivity (Wildman–Crippen MR) is 94.0 cm³/mol. The summed E-state index contributed by atoms with van der Waals surface area (Å²) in [4.78, 5) is 16.6. The summed E-state index contributed by atoms with van der Waals surface area (Å²) in [6, 6.07) is 8.25. The molecule has 0 bridgehead atoms. The maximum atomic E-state index is 12.4. The summed E-state index contributed by atoms with van der Waals surface area (Å²) in [6.45, 7) is 3.13. The molecule has 2 aliphatic rings. The van der Waals surface area contributed by atoms with Gasteiger partial charge in [-0.3, -0.25) is 0 Å². The first-order chi connectivity index (χ1) is 11.0. The average Bonchev–Trinajstić information content (AvgIpc) is 3.28. The number of urea groups is 1. The lowest BCUT2D eigenvalue weighted by Crippen LogP contribution is -2.43. The average molecular weight is 336 g/mol. The Kier molecular flexibility index (Phi) is 5.12. The van der Waals surface area contributed by atoms with E-state index >= 15 is 0 Å². The molecule has 1 saturated carbocycles. The van der Waals surface area contributed by atoms with Crippen molar-refractivity contribution in [2.75, 3.05) is 33.7 Å². The Morgan fingerprint density at radius 2 is 2.13 bits per heavy atom. The van der Waals surface area contributed by atoms with Gasteiger partial charge in [-0.2, -0.15) is 0 Å². The van der Waals surface area contributed by atoms with Crippen LogP contribution in [-0.2, 0) is 0 Å². The Bertz CT molecular complexity index is 557. The van der Waals surface area contributed by atoms with E-state index in [1.165, 1.54) is 18.4 Å². The normalized spacial score (nSPS) is 25.2. The van der Waals surface area contributed by atoms with Crippen molar-refractivity contribution in [2.45, 2.75) is 31.2 Å². The summed E-state index contributed by atoms with van der Waals surface area (Å²) in [6.07, 6.45) is 3.37. The van der Waals surface area contributed by atoms with Gasteiger partial charge in [0.25, 0.3) is 0 Å². The molecule has 1 aliphatic carbocycles. The molecule has 2 fully saturated rings. The van der Waals surface area contributed by atoms with Crippen LogP contribution < -0.4 is 5.32 Å². The standard InChI is InChI=1S/C18H26ClN3O/c1-21-8-6-13(7-9-21)12-22(2)18(23)20-17-11-16(17)14-4-3-5-15(19)10-14/h3-5,10,13,16-17H,6-9,11-12H2,1-2H3,(H,20,23)/t16-,17-/m0/s1. The van der Waals surface area contributed by atoms with Crippen LogP contribution in [0.4, 0.5) is 4.79 Å². The molecule has 5 heteroatoms. The van der Waals surface area contributed by atoms with Gasteiger partial charge in [-0.15, -0.1) is 0 Å². The van der Waals surface area contributed by atoms with Crippen molar-refractivity contribution < 1.29 is 4.79 Å². The van der Waals surface area contributed by atoms with Crippen molar-refractivity contribution in [3.63, 3.8) is 0 Å². The van der Waals surface area contributed by atoms with E-state index in [2.05, 4.69) is 23.3 Å². The monoisotopic (exact) mass is 335 g/mol. The topological polar surface area (TPSA) is 35.6 Å². The van der Waals surface area contributed by atoms with Gasteiger partial charge in [0.15, 0.2) is 0 Å². The lowest BCUT2D eigenvalue weighted by Gasteiger charge is -2.31. The number of likely N-dealkylation sites (tertiary alicyclic amines) is 1. The summed E-state index contributed by atoms with van der Waals surface area (Å²) >= 11 is 6.04. The molecule has 3 rings (SSSR count). The number of nitrogens with one attached hydrogen (secondary N) is 1. The highest BCUT2D eigenvalue weighted by molar-refractivity contribution is 6.30. The van der Waals surface area contributed by atoms with Gasteiger partial charge in [-0.25, -0.2) is 4.79 Å². The minimum Gasteiger partial charge on any atom is -0.335 e. The zero-order chi connectivity index (χ0) is 16.4. The second-order valence-corrected chi connectivity index (χ2v) is 7.52. The van der Waals surface area contributed by atoms with E-state index < -0.39 is 0 Å². The van der Waals surface area contributed by atoms with Crippen molar-refractivity contribution in [1.82, 2.24) is 15.1 Å². The molecule has 0 spiro atoms. The number of nitrogens with zero attached hydrogens (tertiary/aromatic N) is 2. The number of hydrogen-bond acceptors (Lipinski definition) is 2. The molecule has 1 aromatic rings. The fraction of sp³-hybridized carbons (Fsp3) is 0.611. The van der Waals surface area contributed by atoms with Crippen molar-refractivity contribution in [1.29, 1.82) is 0 Å². The number of carbonyl (C=O) groups is 1. The second kappa shape index (κ2) is 7.10. The first-order valence-corrected chi connectivity index (χ1v) is 8.86. The molecule has 2 amide bonds. The van der Waals surface area contributed by atoms with E-state index in [0.29, 0.717) is 11.8 Å². The van der Waals surface area contributed by atoms with Gasteiger partial charge in [0.1, 0.15) is 0 Å². The van der Waals surface area contributed by atoms with Crippen molar-refractivity contribution in [2.24, 2.45) is 5.92 Å². The summed E-state index contributed by atoms with van der Waals surface area (Å²) in [5.41, 5.74) is 1.22. The third kappa shape index (κ3) is 4.39. The molecule has 1 heterocycles. The summed E-state index contributed by atoms with van der Waals surface area (Å²) in [7, 11) is 4.07. The zero-order valence-corrected chi connectivity index (χ0v) is 14.7. The quantitative estimate of drug-likeness (QED) is 0.917. The molecule has 23 heavy (non-hydrogen) atoms. The number of benzene rings is 1. The highest BCUT2D eigenvalue weighted by Gasteiger charge is 2.40. The molecule has 1 aliphatic heterocycles. The van der Waals surface area contributed by atoms with E-state index in [9.17, 15) is 4.79 Å². The maximum absolute atomic E-state index is 12.4. The number of hydrogen-bond donors (Lipinski definition) is 1. The number of amides is 2. The molecule has 2 atom stereocenters. The molecule has 1 saturated heterocycles. The van der Waals surface area contributed by atoms with Gasteiger partial charge in [0, 0.05) is 30.6 Å². The van der Waals surface area contributed by atoms with Crippen LogP contribution in [0.15, 0.2) is 24.3 Å². The smallest absolute Gasteiger partial charge is 0.317 e. The molecule has 1 N–H and O–H groups in total. The molecule has 126 valence electrons. The largest absolute Gasteiger partial charge is 0.335 e. The predicted octanol–water partition coefficient (Wildman–Crippen LogP) is 3.18. The highest BCUT2D eigenvalue weighted by Crippen LogP contribution is 2.41. The van der Waals surface area contributed by atoms with Crippen molar-refractivity contribution in [3.05, 3.63) is 34.9 Å². The van der Waals surface area contributed by atoms with Crippen LogP contribution in [0.5, 0.6) is 0 Å². The van der Waals surface area contributed by atoms with Gasteiger partial charge in [0.05, 0.1) is 0 Å². The van der Waals surface area contributed by atoms with E-state index in [4.69, 9.17) is 11.6 Å². The third-order valence-corrected chi connectivity index (χ3v) is 5.33. The van der Waals surface area contributed by atoms with E-state index in [1.54, 1.807) is 0 Å². The van der Waals surface area contributed by atoms with Crippen LogP contribution >= 0.6 is 11.6 Å². The molecule has 1 aromatic carbocycles. The van der Waals surface area contributed by atoms with Crippen LogP contribution in [0.25, 0.3) is 0 Å². The Hall–Kier alpha value is -1.26. The Morgan fingerprint density at radius 3 is 2.83 bits per heavy atom. The van der Waals surface area contributed by atoms with Gasteiger partial charge in [-0.1, -0.05) is 23.7 Å². The van der Waals surface area contributed by atoms with Crippen LogP contribution in [-0.4, -0.2) is 55.6 Å². The minimum atomic E-state index is 0.0541. The van der Waals surface area contributed by atoms with Crippen LogP contribution in [0.1, 0.15) is 30.7 Å². The number of carbonyl (C=O) groups excluding carboxylic acids is 1. The lowest BCUT2D eigenvalue weighted by molar-refractivity contribution is 0.170. The lowest BCUT2D eigenvalue weighted by atomic mass is 9.97. The molecule has 4 nitrogen and oxygen atoms in total. The second-order valence-electron chi connectivity index (χ2n) is 7.08. The number of rotatable bonds is 4. The van der Waals surface area contributed by atoms with E-state index in [0.717, 1.165) is 31.1 Å². The number of piperidine rings is 1. The minimum absolute atomic E-state index is 0.0541. The van der Waals surface area contributed by atoms with Gasteiger partial charge >= 0.3 is 6.03 Å². The van der Waals surface area contributed by atoms with Crippen LogP contribution in [0.2, 0.25) is 5.02 Å². The van der Waals surface area contributed by atoms with E-state index in [1.807, 2.05) is 30.1 Å². The summed E-state index contributed by atoms with van der Waals surface area (Å²) in [5.74, 6) is 1.04.